The molecule has 0 spiro atoms. The molecule has 0 aliphatic carbocycles. The van der Waals surface area contributed by atoms with Crippen LogP contribution in [0.4, 0.5) is 0 Å². The van der Waals surface area contributed by atoms with E-state index in [9.17, 15) is 4.79 Å². The lowest BCUT2D eigenvalue weighted by atomic mass is 9.75. The number of aldehydes is 1. The van der Waals surface area contributed by atoms with E-state index in [1.807, 2.05) is 18.2 Å². The van der Waals surface area contributed by atoms with Crippen molar-refractivity contribution < 1.29 is 14.3 Å². The average molecular weight is 248 g/mol. The van der Waals surface area contributed by atoms with E-state index < -0.39 is 0 Å². The molecule has 98 valence electrons. The Labute approximate surface area is 108 Å². The van der Waals surface area contributed by atoms with Crippen molar-refractivity contribution in [2.45, 2.75) is 44.9 Å². The largest absolute Gasteiger partial charge is 0.454 e. The zero-order valence-corrected chi connectivity index (χ0v) is 11.1. The number of rotatable bonds is 6. The SMILES string of the molecule is CCCCC(C=O)(CC)c1ccc2c(c1)OCO2. The highest BCUT2D eigenvalue weighted by atomic mass is 16.7. The molecule has 2 rings (SSSR count). The van der Waals surface area contributed by atoms with Crippen LogP contribution in [0.2, 0.25) is 0 Å². The van der Waals surface area contributed by atoms with Crippen LogP contribution < -0.4 is 9.47 Å². The quantitative estimate of drug-likeness (QED) is 0.723. The highest BCUT2D eigenvalue weighted by Crippen LogP contribution is 2.39. The minimum absolute atomic E-state index is 0.272. The zero-order chi connectivity index (χ0) is 13.0. The van der Waals surface area contributed by atoms with Crippen molar-refractivity contribution in [2.75, 3.05) is 6.79 Å². The highest BCUT2D eigenvalue weighted by molar-refractivity contribution is 5.69. The van der Waals surface area contributed by atoms with Crippen molar-refractivity contribution in [3.05, 3.63) is 23.8 Å². The van der Waals surface area contributed by atoms with Gasteiger partial charge in [0.1, 0.15) is 6.29 Å². The molecule has 1 aliphatic heterocycles. The summed E-state index contributed by atoms with van der Waals surface area (Å²) in [5.74, 6) is 1.52. The van der Waals surface area contributed by atoms with Crippen LogP contribution in [-0.2, 0) is 10.2 Å². The van der Waals surface area contributed by atoms with Gasteiger partial charge >= 0.3 is 0 Å². The van der Waals surface area contributed by atoms with Gasteiger partial charge < -0.3 is 14.3 Å². The fourth-order valence-electron chi connectivity index (χ4n) is 2.43. The molecule has 0 aromatic heterocycles. The lowest BCUT2D eigenvalue weighted by Gasteiger charge is -2.27. The van der Waals surface area contributed by atoms with Crippen LogP contribution in [-0.4, -0.2) is 13.1 Å². The van der Waals surface area contributed by atoms with Gasteiger partial charge in [0.15, 0.2) is 11.5 Å². The van der Waals surface area contributed by atoms with Gasteiger partial charge in [0.05, 0.1) is 5.41 Å². The second kappa shape index (κ2) is 5.42. The van der Waals surface area contributed by atoms with Crippen LogP contribution in [0.1, 0.15) is 45.1 Å². The first-order valence-corrected chi connectivity index (χ1v) is 6.62. The third kappa shape index (κ3) is 2.22. The van der Waals surface area contributed by atoms with E-state index in [0.717, 1.165) is 49.0 Å². The average Bonchev–Trinajstić information content (AvgIpc) is 2.88. The van der Waals surface area contributed by atoms with E-state index >= 15 is 0 Å². The van der Waals surface area contributed by atoms with E-state index in [0.29, 0.717) is 0 Å². The molecular weight excluding hydrogens is 228 g/mol. The van der Waals surface area contributed by atoms with E-state index in [2.05, 4.69) is 13.8 Å². The predicted octanol–water partition coefficient (Wildman–Crippen LogP) is 3.45. The van der Waals surface area contributed by atoms with Gasteiger partial charge in [-0.2, -0.15) is 0 Å². The summed E-state index contributed by atoms with van der Waals surface area (Å²) in [5, 5.41) is 0. The van der Waals surface area contributed by atoms with E-state index in [1.54, 1.807) is 0 Å². The molecule has 0 saturated carbocycles. The van der Waals surface area contributed by atoms with Gasteiger partial charge in [0.25, 0.3) is 0 Å². The number of hydrogen-bond acceptors (Lipinski definition) is 3. The molecule has 1 unspecified atom stereocenters. The van der Waals surface area contributed by atoms with Gasteiger partial charge in [-0.05, 0) is 30.5 Å². The van der Waals surface area contributed by atoms with Gasteiger partial charge in [-0.1, -0.05) is 32.8 Å². The number of fused-ring (bicyclic) bond motifs is 1. The normalized spacial score (nSPS) is 16.3. The molecule has 1 aromatic carbocycles. The monoisotopic (exact) mass is 248 g/mol. The number of carbonyl (C=O) groups excluding carboxylic acids is 1. The maximum absolute atomic E-state index is 11.6. The Kier molecular flexibility index (Phi) is 3.90. The van der Waals surface area contributed by atoms with Crippen LogP contribution in [0.5, 0.6) is 11.5 Å². The molecule has 0 N–H and O–H groups in total. The van der Waals surface area contributed by atoms with Crippen molar-refractivity contribution in [2.24, 2.45) is 0 Å². The topological polar surface area (TPSA) is 35.5 Å². The summed E-state index contributed by atoms with van der Waals surface area (Å²) in [6, 6.07) is 5.84. The third-order valence-electron chi connectivity index (χ3n) is 3.78. The summed E-state index contributed by atoms with van der Waals surface area (Å²) in [7, 11) is 0. The summed E-state index contributed by atoms with van der Waals surface area (Å²) < 4.78 is 10.7. The van der Waals surface area contributed by atoms with Gasteiger partial charge in [0, 0.05) is 0 Å². The number of hydrogen-bond donors (Lipinski definition) is 0. The number of ether oxygens (including phenoxy) is 2. The predicted molar refractivity (Wildman–Crippen MR) is 70.1 cm³/mol. The van der Waals surface area contributed by atoms with Crippen molar-refractivity contribution in [3.8, 4) is 11.5 Å². The Morgan fingerprint density at radius 3 is 2.72 bits per heavy atom. The Hall–Kier alpha value is -1.51. The van der Waals surface area contributed by atoms with Crippen LogP contribution in [0.15, 0.2) is 18.2 Å². The molecule has 0 radical (unpaired) electrons. The summed E-state index contributed by atoms with van der Waals surface area (Å²) in [5.41, 5.74) is 0.662. The molecule has 1 atom stereocenters. The number of unbranched alkanes of at least 4 members (excludes halogenated alkanes) is 1. The fraction of sp³-hybridized carbons (Fsp3) is 0.533. The first kappa shape index (κ1) is 12.9. The molecular formula is C15H20O3. The third-order valence-corrected chi connectivity index (χ3v) is 3.78. The summed E-state index contributed by atoms with van der Waals surface area (Å²) >= 11 is 0. The molecule has 18 heavy (non-hydrogen) atoms. The summed E-state index contributed by atoms with van der Waals surface area (Å²) in [6.07, 6.45) is 4.96. The van der Waals surface area contributed by atoms with Crippen LogP contribution in [0.3, 0.4) is 0 Å². The van der Waals surface area contributed by atoms with Crippen LogP contribution >= 0.6 is 0 Å². The molecule has 0 amide bonds. The Morgan fingerprint density at radius 1 is 1.28 bits per heavy atom. The molecule has 1 heterocycles. The van der Waals surface area contributed by atoms with Crippen molar-refractivity contribution in [3.63, 3.8) is 0 Å². The first-order chi connectivity index (χ1) is 8.75. The summed E-state index contributed by atoms with van der Waals surface area (Å²) in [4.78, 5) is 11.6. The molecule has 0 saturated heterocycles. The Balaban J connectivity index is 2.33. The van der Waals surface area contributed by atoms with Crippen molar-refractivity contribution in [1.82, 2.24) is 0 Å². The Morgan fingerprint density at radius 2 is 2.06 bits per heavy atom. The summed E-state index contributed by atoms with van der Waals surface area (Å²) in [6.45, 7) is 4.48. The van der Waals surface area contributed by atoms with E-state index in [4.69, 9.17) is 9.47 Å². The smallest absolute Gasteiger partial charge is 0.231 e. The molecule has 1 aliphatic rings. The van der Waals surface area contributed by atoms with Crippen LogP contribution in [0.25, 0.3) is 0 Å². The maximum atomic E-state index is 11.6. The minimum atomic E-state index is -0.378. The first-order valence-electron chi connectivity index (χ1n) is 6.62. The van der Waals surface area contributed by atoms with Gasteiger partial charge in [0.2, 0.25) is 6.79 Å². The van der Waals surface area contributed by atoms with Gasteiger partial charge in [-0.25, -0.2) is 0 Å². The van der Waals surface area contributed by atoms with E-state index in [1.165, 1.54) is 0 Å². The second-order valence-electron chi connectivity index (χ2n) is 4.80. The van der Waals surface area contributed by atoms with E-state index in [-0.39, 0.29) is 12.2 Å². The highest BCUT2D eigenvalue weighted by Gasteiger charge is 2.30. The van der Waals surface area contributed by atoms with Gasteiger partial charge in [-0.3, -0.25) is 0 Å². The van der Waals surface area contributed by atoms with Crippen molar-refractivity contribution >= 4 is 6.29 Å². The molecule has 3 heteroatoms. The number of benzene rings is 1. The van der Waals surface area contributed by atoms with Gasteiger partial charge in [-0.15, -0.1) is 0 Å². The fourth-order valence-corrected chi connectivity index (χ4v) is 2.43. The molecule has 1 aromatic rings. The standard InChI is InChI=1S/C15H20O3/c1-3-5-8-15(4-2,10-16)12-6-7-13-14(9-12)18-11-17-13/h6-7,9-10H,3-5,8,11H2,1-2H3. The number of carbonyl (C=O) groups is 1. The second-order valence-corrected chi connectivity index (χ2v) is 4.80. The molecule has 3 nitrogen and oxygen atoms in total. The maximum Gasteiger partial charge on any atom is 0.231 e. The minimum Gasteiger partial charge on any atom is -0.454 e. The van der Waals surface area contributed by atoms with Crippen LogP contribution in [0, 0.1) is 0 Å². The Bertz CT molecular complexity index is 428. The lowest BCUT2D eigenvalue weighted by Crippen LogP contribution is -2.27. The molecule has 0 bridgehead atoms. The lowest BCUT2D eigenvalue weighted by molar-refractivity contribution is -0.113. The molecule has 0 fully saturated rings. The van der Waals surface area contributed by atoms with Crippen molar-refractivity contribution in [1.29, 1.82) is 0 Å². The zero-order valence-electron chi connectivity index (χ0n) is 11.1.